The summed E-state index contributed by atoms with van der Waals surface area (Å²) in [5.74, 6) is 0.219. The highest BCUT2D eigenvalue weighted by Gasteiger charge is 2.59. The predicted octanol–water partition coefficient (Wildman–Crippen LogP) is 2.47. The van der Waals surface area contributed by atoms with E-state index in [4.69, 9.17) is 14.7 Å². The Morgan fingerprint density at radius 3 is 2.55 bits per heavy atom. The second kappa shape index (κ2) is 7.55. The van der Waals surface area contributed by atoms with E-state index in [0.29, 0.717) is 23.5 Å². The van der Waals surface area contributed by atoms with Crippen LogP contribution in [0, 0.1) is 35.0 Å². The number of fused-ring (bicyclic) bond motifs is 5. The maximum atomic E-state index is 12.7. The standard InChI is InChI=1S/C22H21N3O4/c1-3-4-16-9-13(10-17(28-2)20(16)29-8-7-23)12-24-25-21(26)18-14-5-6-15(11-14)19(18)22(25)27/h3,5-6,9-10,12,14-15,18-19H,1,4,8,11H2,2H3/t14-,15-,18-,19+/m0/s1. The smallest absolute Gasteiger partial charge is 0.254 e. The zero-order valence-electron chi connectivity index (χ0n) is 16.1. The first-order chi connectivity index (χ1) is 14.1. The topological polar surface area (TPSA) is 92.0 Å². The Hall–Kier alpha value is -3.40. The number of nitriles is 1. The van der Waals surface area contributed by atoms with Crippen molar-refractivity contribution in [3.8, 4) is 17.6 Å². The van der Waals surface area contributed by atoms with E-state index in [1.54, 1.807) is 12.1 Å². The number of nitrogens with zero attached hydrogens (tertiary/aromatic N) is 3. The third-order valence-electron chi connectivity index (χ3n) is 5.79. The lowest BCUT2D eigenvalue weighted by atomic mass is 9.85. The monoisotopic (exact) mass is 391 g/mol. The molecule has 2 fully saturated rings. The SMILES string of the molecule is C=CCc1cc(C=NN2C(=O)[C@@H]3[C@H](C2=O)[C@H]2C=C[C@H]3C2)cc(OC)c1OCC#N. The summed E-state index contributed by atoms with van der Waals surface area (Å²) in [6.45, 7) is 3.64. The first kappa shape index (κ1) is 18.9. The number of hydrazone groups is 1. The zero-order valence-corrected chi connectivity index (χ0v) is 16.1. The van der Waals surface area contributed by atoms with Gasteiger partial charge in [-0.3, -0.25) is 9.59 Å². The average Bonchev–Trinajstić information content (AvgIpc) is 3.40. The molecule has 1 saturated carbocycles. The molecule has 4 atom stereocenters. The number of benzene rings is 1. The van der Waals surface area contributed by atoms with Crippen LogP contribution in [0.4, 0.5) is 0 Å². The van der Waals surface area contributed by atoms with Gasteiger partial charge in [-0.2, -0.15) is 15.4 Å². The Kier molecular flexibility index (Phi) is 4.93. The van der Waals surface area contributed by atoms with Crippen LogP contribution < -0.4 is 9.47 Å². The Bertz CT molecular complexity index is 945. The van der Waals surface area contributed by atoms with Crippen molar-refractivity contribution >= 4 is 18.0 Å². The minimum Gasteiger partial charge on any atom is -0.493 e. The molecule has 0 aromatic heterocycles. The number of imide groups is 1. The lowest BCUT2D eigenvalue weighted by Gasteiger charge is -2.14. The molecule has 0 spiro atoms. The predicted molar refractivity (Wildman–Crippen MR) is 105 cm³/mol. The molecule has 0 unspecified atom stereocenters. The van der Waals surface area contributed by atoms with Crippen molar-refractivity contribution in [1.82, 2.24) is 5.01 Å². The van der Waals surface area contributed by atoms with Gasteiger partial charge < -0.3 is 9.47 Å². The van der Waals surface area contributed by atoms with Gasteiger partial charge in [0, 0.05) is 5.56 Å². The Labute approximate surface area is 168 Å². The van der Waals surface area contributed by atoms with E-state index in [1.165, 1.54) is 13.3 Å². The van der Waals surface area contributed by atoms with Crippen molar-refractivity contribution in [2.45, 2.75) is 12.8 Å². The first-order valence-electron chi connectivity index (χ1n) is 9.50. The third-order valence-corrected chi connectivity index (χ3v) is 5.79. The summed E-state index contributed by atoms with van der Waals surface area (Å²) < 4.78 is 10.9. The van der Waals surface area contributed by atoms with Gasteiger partial charge in [0.05, 0.1) is 25.2 Å². The molecule has 3 aliphatic rings. The number of carbonyl (C=O) groups excluding carboxylic acids is 2. The summed E-state index contributed by atoms with van der Waals surface area (Å²) in [6, 6.07) is 5.45. The summed E-state index contributed by atoms with van der Waals surface area (Å²) >= 11 is 0. The van der Waals surface area contributed by atoms with Crippen molar-refractivity contribution in [2.24, 2.45) is 28.8 Å². The fraction of sp³-hybridized carbons (Fsp3) is 0.364. The molecule has 148 valence electrons. The van der Waals surface area contributed by atoms with Crippen molar-refractivity contribution in [3.05, 3.63) is 48.1 Å². The Morgan fingerprint density at radius 1 is 1.28 bits per heavy atom. The maximum absolute atomic E-state index is 12.7. The molecular weight excluding hydrogens is 370 g/mol. The van der Waals surface area contributed by atoms with Gasteiger partial charge in [-0.15, -0.1) is 6.58 Å². The number of methoxy groups -OCH3 is 1. The van der Waals surface area contributed by atoms with E-state index in [1.807, 2.05) is 12.1 Å². The van der Waals surface area contributed by atoms with Crippen LogP contribution in [0.5, 0.6) is 11.5 Å². The third kappa shape index (κ3) is 3.11. The van der Waals surface area contributed by atoms with Gasteiger partial charge in [-0.05, 0) is 42.4 Å². The van der Waals surface area contributed by atoms with E-state index in [0.717, 1.165) is 17.0 Å². The van der Waals surface area contributed by atoms with Gasteiger partial charge in [-0.1, -0.05) is 18.2 Å². The zero-order chi connectivity index (χ0) is 20.5. The highest BCUT2D eigenvalue weighted by molar-refractivity contribution is 6.06. The number of amides is 2. The van der Waals surface area contributed by atoms with Crippen LogP contribution in [0.25, 0.3) is 0 Å². The lowest BCUT2D eigenvalue weighted by molar-refractivity contribution is -0.140. The van der Waals surface area contributed by atoms with Crippen molar-refractivity contribution < 1.29 is 19.1 Å². The van der Waals surface area contributed by atoms with E-state index in [2.05, 4.69) is 23.8 Å². The molecule has 0 radical (unpaired) electrons. The number of allylic oxidation sites excluding steroid dienone is 3. The van der Waals surface area contributed by atoms with Crippen molar-refractivity contribution in [3.63, 3.8) is 0 Å². The Morgan fingerprint density at radius 2 is 1.97 bits per heavy atom. The van der Waals surface area contributed by atoms with Gasteiger partial charge in [-0.25, -0.2) is 0 Å². The normalized spacial score (nSPS) is 26.8. The van der Waals surface area contributed by atoms with Gasteiger partial charge in [0.15, 0.2) is 18.1 Å². The molecule has 1 heterocycles. The molecule has 2 aliphatic carbocycles. The quantitative estimate of drug-likeness (QED) is 0.404. The molecule has 1 aromatic rings. The second-order valence-electron chi connectivity index (χ2n) is 7.38. The minimum atomic E-state index is -0.276. The highest BCUT2D eigenvalue weighted by atomic mass is 16.5. The van der Waals surface area contributed by atoms with Crippen molar-refractivity contribution in [2.75, 3.05) is 13.7 Å². The highest BCUT2D eigenvalue weighted by Crippen LogP contribution is 2.52. The summed E-state index contributed by atoms with van der Waals surface area (Å²) in [5.41, 5.74) is 1.43. The summed E-state index contributed by atoms with van der Waals surface area (Å²) in [5, 5.41) is 14.0. The van der Waals surface area contributed by atoms with E-state index in [9.17, 15) is 9.59 Å². The fourth-order valence-corrected chi connectivity index (χ4v) is 4.61. The summed E-state index contributed by atoms with van der Waals surface area (Å²) in [7, 11) is 1.50. The lowest BCUT2D eigenvalue weighted by Crippen LogP contribution is -2.28. The first-order valence-corrected chi connectivity index (χ1v) is 9.50. The molecule has 7 nitrogen and oxygen atoms in total. The molecule has 0 N–H and O–H groups in total. The van der Waals surface area contributed by atoms with Crippen molar-refractivity contribution in [1.29, 1.82) is 5.26 Å². The molecule has 1 aliphatic heterocycles. The molecule has 2 bridgehead atoms. The molecule has 29 heavy (non-hydrogen) atoms. The van der Waals surface area contributed by atoms with Gasteiger partial charge in [0.1, 0.15) is 6.07 Å². The number of hydrogen-bond acceptors (Lipinski definition) is 6. The van der Waals surface area contributed by atoms with E-state index in [-0.39, 0.29) is 42.1 Å². The van der Waals surface area contributed by atoms with Gasteiger partial charge in [0.25, 0.3) is 11.8 Å². The number of ether oxygens (including phenoxy) is 2. The van der Waals surface area contributed by atoms with Crippen LogP contribution in [0.2, 0.25) is 0 Å². The summed E-state index contributed by atoms with van der Waals surface area (Å²) in [4.78, 5) is 25.5. The molecule has 7 heteroatoms. The minimum absolute atomic E-state index is 0.107. The van der Waals surface area contributed by atoms with Crippen LogP contribution in [0.1, 0.15) is 17.5 Å². The van der Waals surface area contributed by atoms with Crippen LogP contribution in [0.3, 0.4) is 0 Å². The molecule has 1 saturated heterocycles. The largest absolute Gasteiger partial charge is 0.493 e. The number of rotatable bonds is 7. The Balaban J connectivity index is 1.61. The van der Waals surface area contributed by atoms with Crippen LogP contribution in [-0.2, 0) is 16.0 Å². The van der Waals surface area contributed by atoms with Gasteiger partial charge >= 0.3 is 0 Å². The van der Waals surface area contributed by atoms with E-state index >= 15 is 0 Å². The fourth-order valence-electron chi connectivity index (χ4n) is 4.61. The molecular formula is C22H21N3O4. The maximum Gasteiger partial charge on any atom is 0.254 e. The van der Waals surface area contributed by atoms with Gasteiger partial charge in [0.2, 0.25) is 0 Å². The van der Waals surface area contributed by atoms with Crippen LogP contribution >= 0.6 is 0 Å². The van der Waals surface area contributed by atoms with Crippen LogP contribution in [-0.4, -0.2) is 36.8 Å². The van der Waals surface area contributed by atoms with Crippen LogP contribution in [0.15, 0.2) is 42.0 Å². The van der Waals surface area contributed by atoms with E-state index < -0.39 is 0 Å². The summed E-state index contributed by atoms with van der Waals surface area (Å²) in [6.07, 6.45) is 8.69. The molecule has 4 rings (SSSR count). The second-order valence-corrected chi connectivity index (χ2v) is 7.38. The molecule has 1 aromatic carbocycles. The average molecular weight is 391 g/mol. The number of hydrogen-bond donors (Lipinski definition) is 0. The molecule has 2 amide bonds. The number of carbonyl (C=O) groups is 2.